The normalized spacial score (nSPS) is 14.8. The lowest BCUT2D eigenvalue weighted by molar-refractivity contribution is 0.0465. The predicted octanol–water partition coefficient (Wildman–Crippen LogP) is 4.81. The molecule has 2 aromatic heterocycles. The SMILES string of the molecule is CC(C)c1nn(-c2c(Cl)cc(Cl)cc2Cl)c2nc(Cc3ccc(NS(=O)(=O)CN4CCOCC4)cc3)[nH]c(=O)c12. The first-order chi connectivity index (χ1) is 19.0. The number of nitrogens with zero attached hydrogens (tertiary/aromatic N) is 4. The van der Waals surface area contributed by atoms with Crippen LogP contribution in [0.2, 0.25) is 15.1 Å². The van der Waals surface area contributed by atoms with Crippen molar-refractivity contribution < 1.29 is 13.2 Å². The van der Waals surface area contributed by atoms with Gasteiger partial charge in [-0.15, -0.1) is 0 Å². The zero-order valence-electron chi connectivity index (χ0n) is 21.7. The van der Waals surface area contributed by atoms with Gasteiger partial charge in [0.25, 0.3) is 5.56 Å². The number of nitrogens with one attached hydrogen (secondary N) is 2. The number of aromatic nitrogens is 4. The number of sulfonamides is 1. The summed E-state index contributed by atoms with van der Waals surface area (Å²) in [5.41, 5.74) is 2.19. The Morgan fingerprint density at radius 3 is 2.35 bits per heavy atom. The van der Waals surface area contributed by atoms with Gasteiger partial charge in [0.15, 0.2) is 5.65 Å². The molecule has 5 rings (SSSR count). The van der Waals surface area contributed by atoms with E-state index in [1.54, 1.807) is 36.4 Å². The number of H-pyrrole nitrogens is 1. The van der Waals surface area contributed by atoms with E-state index >= 15 is 0 Å². The van der Waals surface area contributed by atoms with E-state index in [-0.39, 0.29) is 33.8 Å². The Morgan fingerprint density at radius 2 is 1.73 bits per heavy atom. The number of hydrogen-bond acceptors (Lipinski definition) is 7. The van der Waals surface area contributed by atoms with Crippen LogP contribution in [-0.4, -0.2) is 65.2 Å². The van der Waals surface area contributed by atoms with Gasteiger partial charge in [0.05, 0.1) is 29.0 Å². The number of benzene rings is 2. The molecule has 40 heavy (non-hydrogen) atoms. The van der Waals surface area contributed by atoms with Gasteiger partial charge in [0.1, 0.15) is 22.8 Å². The van der Waals surface area contributed by atoms with Crippen molar-refractivity contribution in [3.63, 3.8) is 0 Å². The molecular formula is C26H27Cl3N6O4S. The Morgan fingerprint density at radius 1 is 1.07 bits per heavy atom. The standard InChI is InChI=1S/C26H27Cl3N6O4S/c1-15(2)23-22-25(35(32-23)24-19(28)12-17(27)13-20(24)29)30-21(31-26(22)36)11-16-3-5-18(6-4-16)33-40(37,38)14-34-7-9-39-10-8-34/h3-6,12-13,15,33H,7-11,14H2,1-2H3,(H,30,31,36). The number of fused-ring (bicyclic) bond motifs is 1. The molecule has 0 radical (unpaired) electrons. The Bertz CT molecular complexity index is 1690. The fourth-order valence-electron chi connectivity index (χ4n) is 4.54. The van der Waals surface area contributed by atoms with Gasteiger partial charge in [-0.2, -0.15) is 5.10 Å². The van der Waals surface area contributed by atoms with Crippen LogP contribution in [0.5, 0.6) is 0 Å². The zero-order valence-corrected chi connectivity index (χ0v) is 24.8. The minimum Gasteiger partial charge on any atom is -0.379 e. The number of rotatable bonds is 8. The van der Waals surface area contributed by atoms with Crippen molar-refractivity contribution in [1.82, 2.24) is 24.6 Å². The molecule has 2 N–H and O–H groups in total. The van der Waals surface area contributed by atoms with Crippen molar-refractivity contribution in [2.75, 3.05) is 36.9 Å². The maximum Gasteiger partial charge on any atom is 0.262 e. The molecule has 0 aliphatic carbocycles. The Balaban J connectivity index is 1.43. The van der Waals surface area contributed by atoms with E-state index in [4.69, 9.17) is 44.5 Å². The zero-order chi connectivity index (χ0) is 28.6. The summed E-state index contributed by atoms with van der Waals surface area (Å²) in [6.07, 6.45) is 0.288. The minimum absolute atomic E-state index is 0.0677. The molecule has 2 aromatic carbocycles. The summed E-state index contributed by atoms with van der Waals surface area (Å²) in [5, 5.41) is 5.92. The minimum atomic E-state index is -3.56. The lowest BCUT2D eigenvalue weighted by Gasteiger charge is -2.26. The van der Waals surface area contributed by atoms with Gasteiger partial charge in [0.2, 0.25) is 10.0 Å². The van der Waals surface area contributed by atoms with Crippen LogP contribution in [-0.2, 0) is 21.2 Å². The van der Waals surface area contributed by atoms with E-state index in [2.05, 4.69) is 14.8 Å². The van der Waals surface area contributed by atoms with Gasteiger partial charge in [-0.3, -0.25) is 14.4 Å². The van der Waals surface area contributed by atoms with Gasteiger partial charge < -0.3 is 9.72 Å². The molecule has 0 spiro atoms. The molecule has 212 valence electrons. The van der Waals surface area contributed by atoms with Gasteiger partial charge in [0, 0.05) is 30.2 Å². The number of ether oxygens (including phenoxy) is 1. The molecule has 1 aliphatic rings. The summed E-state index contributed by atoms with van der Waals surface area (Å²) in [4.78, 5) is 22.7. The summed E-state index contributed by atoms with van der Waals surface area (Å²) >= 11 is 19.1. The molecule has 0 atom stereocenters. The molecule has 1 aliphatic heterocycles. The van der Waals surface area contributed by atoms with Crippen molar-refractivity contribution in [2.45, 2.75) is 26.2 Å². The number of morpholine rings is 1. The van der Waals surface area contributed by atoms with Crippen LogP contribution in [0.3, 0.4) is 0 Å². The fraction of sp³-hybridized carbons (Fsp3) is 0.346. The molecule has 0 unspecified atom stereocenters. The van der Waals surface area contributed by atoms with Crippen molar-refractivity contribution in [3.8, 4) is 5.69 Å². The van der Waals surface area contributed by atoms with Crippen molar-refractivity contribution in [2.24, 2.45) is 0 Å². The van der Waals surface area contributed by atoms with Crippen LogP contribution in [0.4, 0.5) is 5.69 Å². The van der Waals surface area contributed by atoms with Crippen LogP contribution in [0.25, 0.3) is 16.7 Å². The van der Waals surface area contributed by atoms with Crippen LogP contribution in [0.15, 0.2) is 41.2 Å². The lowest BCUT2D eigenvalue weighted by Crippen LogP contribution is -2.41. The van der Waals surface area contributed by atoms with Crippen molar-refractivity contribution >= 4 is 61.5 Å². The molecule has 1 fully saturated rings. The second kappa shape index (κ2) is 11.7. The highest BCUT2D eigenvalue weighted by atomic mass is 35.5. The van der Waals surface area contributed by atoms with E-state index in [9.17, 15) is 13.2 Å². The summed E-state index contributed by atoms with van der Waals surface area (Å²) in [7, 11) is -3.56. The summed E-state index contributed by atoms with van der Waals surface area (Å²) in [5.74, 6) is 0.231. The van der Waals surface area contributed by atoms with Crippen molar-refractivity contribution in [3.05, 3.63) is 78.9 Å². The Kier molecular flexibility index (Phi) is 8.42. The first-order valence-corrected chi connectivity index (χ1v) is 15.4. The van der Waals surface area contributed by atoms with E-state index in [1.807, 2.05) is 18.7 Å². The molecule has 0 saturated carbocycles. The topological polar surface area (TPSA) is 122 Å². The fourth-order valence-corrected chi connectivity index (χ4v) is 6.82. The smallest absolute Gasteiger partial charge is 0.262 e. The van der Waals surface area contributed by atoms with E-state index in [0.29, 0.717) is 65.3 Å². The average Bonchev–Trinajstić information content (AvgIpc) is 3.25. The van der Waals surface area contributed by atoms with E-state index < -0.39 is 10.0 Å². The molecule has 0 amide bonds. The van der Waals surface area contributed by atoms with Gasteiger partial charge in [-0.25, -0.2) is 18.1 Å². The second-order valence-corrected chi connectivity index (χ2v) is 12.8. The number of hydrogen-bond donors (Lipinski definition) is 2. The number of aromatic amines is 1. The van der Waals surface area contributed by atoms with Crippen LogP contribution >= 0.6 is 34.8 Å². The summed E-state index contributed by atoms with van der Waals surface area (Å²) in [6.45, 7) is 6.05. The highest BCUT2D eigenvalue weighted by Crippen LogP contribution is 2.34. The van der Waals surface area contributed by atoms with Crippen LogP contribution in [0.1, 0.15) is 36.8 Å². The quantitative estimate of drug-likeness (QED) is 0.288. The number of anilines is 1. The third-order valence-electron chi connectivity index (χ3n) is 6.41. The molecule has 1 saturated heterocycles. The first kappa shape index (κ1) is 28.8. The molecule has 10 nitrogen and oxygen atoms in total. The van der Waals surface area contributed by atoms with Gasteiger partial charge >= 0.3 is 0 Å². The van der Waals surface area contributed by atoms with E-state index in [0.717, 1.165) is 5.56 Å². The first-order valence-electron chi connectivity index (χ1n) is 12.6. The van der Waals surface area contributed by atoms with Crippen molar-refractivity contribution in [1.29, 1.82) is 0 Å². The third-order valence-corrected chi connectivity index (χ3v) is 8.46. The third kappa shape index (κ3) is 6.29. The average molecular weight is 626 g/mol. The molecular weight excluding hydrogens is 599 g/mol. The predicted molar refractivity (Wildman–Crippen MR) is 158 cm³/mol. The largest absolute Gasteiger partial charge is 0.379 e. The highest BCUT2D eigenvalue weighted by Gasteiger charge is 2.23. The Hall–Kier alpha value is -2.67. The maximum absolute atomic E-state index is 13.2. The maximum atomic E-state index is 13.2. The summed E-state index contributed by atoms with van der Waals surface area (Å²) < 4.78 is 34.6. The molecule has 4 aromatic rings. The molecule has 3 heterocycles. The second-order valence-electron chi connectivity index (χ2n) is 9.83. The van der Waals surface area contributed by atoms with E-state index in [1.165, 1.54) is 4.68 Å². The molecule has 14 heteroatoms. The molecule has 0 bridgehead atoms. The number of halogens is 3. The van der Waals surface area contributed by atoms with Crippen LogP contribution in [0, 0.1) is 0 Å². The monoisotopic (exact) mass is 624 g/mol. The van der Waals surface area contributed by atoms with Gasteiger partial charge in [-0.1, -0.05) is 60.8 Å². The van der Waals surface area contributed by atoms with Crippen LogP contribution < -0.4 is 10.3 Å². The lowest BCUT2D eigenvalue weighted by atomic mass is 10.1. The Labute approximate surface area is 246 Å². The highest BCUT2D eigenvalue weighted by molar-refractivity contribution is 7.92. The summed E-state index contributed by atoms with van der Waals surface area (Å²) in [6, 6.07) is 10.0. The van der Waals surface area contributed by atoms with Gasteiger partial charge in [-0.05, 0) is 35.7 Å².